The fraction of sp³-hybridized carbons (Fsp3) is 0.0714. The van der Waals surface area contributed by atoms with Crippen molar-refractivity contribution in [2.75, 3.05) is 7.11 Å². The van der Waals surface area contributed by atoms with Crippen molar-refractivity contribution in [2.24, 2.45) is 0 Å². The second-order valence-corrected chi connectivity index (χ2v) is 7.30. The normalized spacial score (nSPS) is 10.9. The van der Waals surface area contributed by atoms with Gasteiger partial charge in [-0.05, 0) is 29.8 Å². The molecule has 0 fully saturated rings. The Morgan fingerprint density at radius 1 is 0.742 bits per heavy atom. The van der Waals surface area contributed by atoms with Gasteiger partial charge in [0.05, 0.1) is 7.11 Å². The van der Waals surface area contributed by atoms with Gasteiger partial charge in [0.2, 0.25) is 0 Å². The van der Waals surface area contributed by atoms with Crippen molar-refractivity contribution in [3.05, 3.63) is 109 Å². The molecule has 31 heavy (non-hydrogen) atoms. The average Bonchev–Trinajstić information content (AvgIpc) is 3.22. The Morgan fingerprint density at radius 3 is 2.23 bits per heavy atom. The summed E-state index contributed by atoms with van der Waals surface area (Å²) in [5.74, 6) is 2.42. The van der Waals surface area contributed by atoms with Crippen LogP contribution in [0.1, 0.15) is 5.56 Å². The van der Waals surface area contributed by atoms with Crippen LogP contribution in [-0.4, -0.2) is 7.11 Å². The first-order valence-corrected chi connectivity index (χ1v) is 10.3. The standard InChI is InChI=1S/C28H22O3/c1-29-25-15-9-8-14-23(25)27-24-18-22(30-19-20-10-4-2-5-11-20)16-17-26(24)31-28(27)21-12-6-3-7-13-21/h2-18H,19H2,1H3. The van der Waals surface area contributed by atoms with Crippen molar-refractivity contribution in [1.29, 1.82) is 0 Å². The van der Waals surface area contributed by atoms with Crippen molar-refractivity contribution in [3.63, 3.8) is 0 Å². The molecule has 0 unspecified atom stereocenters. The number of para-hydroxylation sites is 1. The van der Waals surface area contributed by atoms with E-state index in [1.54, 1.807) is 7.11 Å². The first-order chi connectivity index (χ1) is 15.3. The average molecular weight is 406 g/mol. The molecule has 5 aromatic rings. The second kappa shape index (κ2) is 8.41. The van der Waals surface area contributed by atoms with Crippen LogP contribution >= 0.6 is 0 Å². The molecule has 0 N–H and O–H groups in total. The maximum atomic E-state index is 6.35. The lowest BCUT2D eigenvalue weighted by atomic mass is 9.97. The number of ether oxygens (including phenoxy) is 2. The van der Waals surface area contributed by atoms with Gasteiger partial charge in [-0.1, -0.05) is 78.9 Å². The van der Waals surface area contributed by atoms with Gasteiger partial charge in [0.15, 0.2) is 0 Å². The number of fused-ring (bicyclic) bond motifs is 1. The molecule has 3 nitrogen and oxygen atoms in total. The van der Waals surface area contributed by atoms with E-state index in [1.807, 2.05) is 66.7 Å². The van der Waals surface area contributed by atoms with Crippen LogP contribution in [0.15, 0.2) is 108 Å². The van der Waals surface area contributed by atoms with Gasteiger partial charge >= 0.3 is 0 Å². The number of hydrogen-bond donors (Lipinski definition) is 0. The quantitative estimate of drug-likeness (QED) is 0.295. The zero-order chi connectivity index (χ0) is 21.0. The molecule has 0 aliphatic rings. The lowest BCUT2D eigenvalue weighted by Gasteiger charge is -2.10. The second-order valence-electron chi connectivity index (χ2n) is 7.30. The van der Waals surface area contributed by atoms with E-state index < -0.39 is 0 Å². The summed E-state index contributed by atoms with van der Waals surface area (Å²) < 4.78 is 18.1. The van der Waals surface area contributed by atoms with Crippen LogP contribution in [0.4, 0.5) is 0 Å². The fourth-order valence-electron chi connectivity index (χ4n) is 3.82. The Bertz CT molecular complexity index is 1300. The van der Waals surface area contributed by atoms with E-state index in [4.69, 9.17) is 13.9 Å². The van der Waals surface area contributed by atoms with E-state index in [-0.39, 0.29) is 0 Å². The van der Waals surface area contributed by atoms with E-state index in [0.29, 0.717) is 6.61 Å². The first-order valence-electron chi connectivity index (χ1n) is 10.3. The Labute approximate surface area is 181 Å². The minimum atomic E-state index is 0.514. The number of methoxy groups -OCH3 is 1. The van der Waals surface area contributed by atoms with Gasteiger partial charge in [-0.2, -0.15) is 0 Å². The summed E-state index contributed by atoms with van der Waals surface area (Å²) in [4.78, 5) is 0. The molecule has 1 heterocycles. The van der Waals surface area contributed by atoms with E-state index >= 15 is 0 Å². The maximum absolute atomic E-state index is 6.35. The number of furan rings is 1. The topological polar surface area (TPSA) is 31.6 Å². The van der Waals surface area contributed by atoms with Crippen molar-refractivity contribution in [2.45, 2.75) is 6.61 Å². The monoisotopic (exact) mass is 406 g/mol. The summed E-state index contributed by atoms with van der Waals surface area (Å²) in [6.45, 7) is 0.514. The van der Waals surface area contributed by atoms with Gasteiger partial charge in [-0.25, -0.2) is 0 Å². The molecule has 0 amide bonds. The van der Waals surface area contributed by atoms with E-state index in [9.17, 15) is 0 Å². The molecule has 0 bridgehead atoms. The van der Waals surface area contributed by atoms with E-state index in [0.717, 1.165) is 50.5 Å². The molecule has 3 heteroatoms. The number of hydrogen-bond acceptors (Lipinski definition) is 3. The third-order valence-corrected chi connectivity index (χ3v) is 5.32. The highest BCUT2D eigenvalue weighted by Gasteiger charge is 2.20. The Kier molecular flexibility index (Phi) is 5.16. The van der Waals surface area contributed by atoms with Crippen LogP contribution in [0.5, 0.6) is 11.5 Å². The van der Waals surface area contributed by atoms with Gasteiger partial charge in [0.1, 0.15) is 29.4 Å². The SMILES string of the molecule is COc1ccccc1-c1c(-c2ccccc2)oc2ccc(OCc3ccccc3)cc12. The molecule has 0 radical (unpaired) electrons. The summed E-state index contributed by atoms with van der Waals surface area (Å²) >= 11 is 0. The van der Waals surface area contributed by atoms with Crippen LogP contribution in [0.2, 0.25) is 0 Å². The van der Waals surface area contributed by atoms with Crippen LogP contribution in [0.25, 0.3) is 33.4 Å². The molecular weight excluding hydrogens is 384 g/mol. The molecule has 0 saturated carbocycles. The van der Waals surface area contributed by atoms with Crippen molar-refractivity contribution >= 4 is 11.0 Å². The molecule has 0 aliphatic carbocycles. The van der Waals surface area contributed by atoms with Gasteiger partial charge in [-0.15, -0.1) is 0 Å². The van der Waals surface area contributed by atoms with Crippen LogP contribution in [0, 0.1) is 0 Å². The molecular formula is C28H22O3. The predicted molar refractivity (Wildman–Crippen MR) is 124 cm³/mol. The Morgan fingerprint density at radius 2 is 1.45 bits per heavy atom. The fourth-order valence-corrected chi connectivity index (χ4v) is 3.82. The summed E-state index contributed by atoms with van der Waals surface area (Å²) in [5, 5.41) is 0.994. The van der Waals surface area contributed by atoms with E-state index in [1.165, 1.54) is 0 Å². The van der Waals surface area contributed by atoms with Gasteiger partial charge in [0, 0.05) is 22.1 Å². The van der Waals surface area contributed by atoms with Crippen molar-refractivity contribution in [1.82, 2.24) is 0 Å². The van der Waals surface area contributed by atoms with E-state index in [2.05, 4.69) is 36.4 Å². The number of rotatable bonds is 6. The Hall–Kier alpha value is -3.98. The van der Waals surface area contributed by atoms with Crippen LogP contribution < -0.4 is 9.47 Å². The zero-order valence-electron chi connectivity index (χ0n) is 17.2. The molecule has 5 rings (SSSR count). The third-order valence-electron chi connectivity index (χ3n) is 5.32. The highest BCUT2D eigenvalue weighted by Crippen LogP contribution is 2.45. The van der Waals surface area contributed by atoms with Crippen LogP contribution in [0.3, 0.4) is 0 Å². The zero-order valence-corrected chi connectivity index (χ0v) is 17.2. The summed E-state index contributed by atoms with van der Waals surface area (Å²) in [7, 11) is 1.69. The lowest BCUT2D eigenvalue weighted by molar-refractivity contribution is 0.306. The summed E-state index contributed by atoms with van der Waals surface area (Å²) in [6, 6.07) is 34.3. The minimum absolute atomic E-state index is 0.514. The van der Waals surface area contributed by atoms with Gasteiger partial charge in [0.25, 0.3) is 0 Å². The number of benzene rings is 4. The molecule has 1 aromatic heterocycles. The highest BCUT2D eigenvalue weighted by molar-refractivity contribution is 6.03. The first kappa shape index (κ1) is 19.0. The predicted octanol–water partition coefficient (Wildman–Crippen LogP) is 7.35. The minimum Gasteiger partial charge on any atom is -0.496 e. The third kappa shape index (κ3) is 3.78. The molecule has 0 aliphatic heterocycles. The van der Waals surface area contributed by atoms with Crippen molar-refractivity contribution in [3.8, 4) is 33.9 Å². The largest absolute Gasteiger partial charge is 0.496 e. The maximum Gasteiger partial charge on any atom is 0.143 e. The molecule has 0 saturated heterocycles. The smallest absolute Gasteiger partial charge is 0.143 e. The molecule has 0 atom stereocenters. The lowest BCUT2D eigenvalue weighted by Crippen LogP contribution is -1.94. The molecule has 4 aromatic carbocycles. The molecule has 0 spiro atoms. The summed E-state index contributed by atoms with van der Waals surface area (Å²) in [5.41, 5.74) is 4.95. The van der Waals surface area contributed by atoms with Gasteiger partial charge < -0.3 is 13.9 Å². The van der Waals surface area contributed by atoms with Gasteiger partial charge in [-0.3, -0.25) is 0 Å². The van der Waals surface area contributed by atoms with Crippen LogP contribution in [-0.2, 0) is 6.61 Å². The Balaban J connectivity index is 1.65. The highest BCUT2D eigenvalue weighted by atomic mass is 16.5. The summed E-state index contributed by atoms with van der Waals surface area (Å²) in [6.07, 6.45) is 0. The molecule has 152 valence electrons. The van der Waals surface area contributed by atoms with Crippen molar-refractivity contribution < 1.29 is 13.9 Å².